The Bertz CT molecular complexity index is 202. The lowest BCUT2D eigenvalue weighted by atomic mass is 10.2. The Morgan fingerprint density at radius 2 is 2.08 bits per heavy atom. The van der Waals surface area contributed by atoms with Crippen molar-refractivity contribution < 1.29 is 0 Å². The number of nitrogens with zero attached hydrogens (tertiary/aromatic N) is 2. The van der Waals surface area contributed by atoms with Gasteiger partial charge in [-0.25, -0.2) is 4.99 Å². The molecule has 1 atom stereocenters. The maximum Gasteiger partial charge on any atom is 0.218 e. The van der Waals surface area contributed by atoms with Gasteiger partial charge in [0.15, 0.2) is 5.96 Å². The van der Waals surface area contributed by atoms with Crippen molar-refractivity contribution in [3.63, 3.8) is 0 Å². The molecule has 1 unspecified atom stereocenters. The zero-order chi connectivity index (χ0) is 9.56. The van der Waals surface area contributed by atoms with Crippen molar-refractivity contribution in [3.05, 3.63) is 12.7 Å². The van der Waals surface area contributed by atoms with Crippen molar-refractivity contribution in [2.24, 2.45) is 27.2 Å². The van der Waals surface area contributed by atoms with Gasteiger partial charge in [-0.2, -0.15) is 4.99 Å². The van der Waals surface area contributed by atoms with Crippen molar-refractivity contribution in [2.45, 2.75) is 19.4 Å². The van der Waals surface area contributed by atoms with Crippen LogP contribution in [-0.2, 0) is 0 Å². The first-order valence-corrected chi connectivity index (χ1v) is 3.60. The second-order valence-corrected chi connectivity index (χ2v) is 2.40. The Morgan fingerprint density at radius 1 is 1.50 bits per heavy atom. The molecular weight excluding hydrogens is 154 g/mol. The lowest BCUT2D eigenvalue weighted by Gasteiger charge is -2.01. The van der Waals surface area contributed by atoms with E-state index in [4.69, 9.17) is 17.2 Å². The Hall–Kier alpha value is -1.52. The van der Waals surface area contributed by atoms with Gasteiger partial charge >= 0.3 is 0 Å². The molecule has 0 rings (SSSR count). The first-order valence-electron chi connectivity index (χ1n) is 3.60. The number of hydrogen-bond acceptors (Lipinski definition) is 1. The first-order chi connectivity index (χ1) is 5.56. The molecule has 0 aromatic rings. The maximum atomic E-state index is 5.37. The van der Waals surface area contributed by atoms with E-state index in [1.807, 2.05) is 6.92 Å². The highest BCUT2D eigenvalue weighted by molar-refractivity contribution is 5.92. The second-order valence-electron chi connectivity index (χ2n) is 2.40. The fourth-order valence-electron chi connectivity index (χ4n) is 0.681. The molecular formula is C7H15N5. The van der Waals surface area contributed by atoms with Crippen LogP contribution in [0.25, 0.3) is 0 Å². The van der Waals surface area contributed by atoms with Crippen molar-refractivity contribution >= 4 is 11.9 Å². The summed E-state index contributed by atoms with van der Waals surface area (Å²) in [4.78, 5) is 7.55. The molecule has 0 heterocycles. The van der Waals surface area contributed by atoms with Gasteiger partial charge in [0.05, 0.1) is 6.04 Å². The molecule has 0 radical (unpaired) electrons. The average Bonchev–Trinajstić information content (AvgIpc) is 1.84. The molecule has 5 heteroatoms. The van der Waals surface area contributed by atoms with Crippen molar-refractivity contribution in [1.82, 2.24) is 0 Å². The van der Waals surface area contributed by atoms with Gasteiger partial charge in [0.25, 0.3) is 0 Å². The highest BCUT2D eigenvalue weighted by Gasteiger charge is 1.96. The van der Waals surface area contributed by atoms with Crippen LogP contribution in [-0.4, -0.2) is 18.0 Å². The molecule has 6 N–H and O–H groups in total. The smallest absolute Gasteiger partial charge is 0.218 e. The van der Waals surface area contributed by atoms with Crippen LogP contribution in [0.5, 0.6) is 0 Å². The van der Waals surface area contributed by atoms with E-state index in [1.54, 1.807) is 6.08 Å². The van der Waals surface area contributed by atoms with E-state index >= 15 is 0 Å². The molecule has 0 aliphatic carbocycles. The Morgan fingerprint density at radius 3 is 2.50 bits per heavy atom. The normalized spacial score (nSPS) is 13.6. The Kier molecular flexibility index (Phi) is 4.52. The zero-order valence-electron chi connectivity index (χ0n) is 7.20. The van der Waals surface area contributed by atoms with Crippen LogP contribution < -0.4 is 17.2 Å². The summed E-state index contributed by atoms with van der Waals surface area (Å²) in [5.74, 6) is 0.0198. The molecule has 0 aliphatic rings. The van der Waals surface area contributed by atoms with Gasteiger partial charge in [-0.05, 0) is 13.3 Å². The number of nitrogens with two attached hydrogens (primary N) is 3. The van der Waals surface area contributed by atoms with Crippen molar-refractivity contribution in [3.8, 4) is 0 Å². The molecule has 68 valence electrons. The van der Waals surface area contributed by atoms with Crippen LogP contribution in [0, 0.1) is 0 Å². The summed E-state index contributed by atoms with van der Waals surface area (Å²) in [6.45, 7) is 5.47. The first kappa shape index (κ1) is 10.5. The summed E-state index contributed by atoms with van der Waals surface area (Å²) >= 11 is 0. The van der Waals surface area contributed by atoms with E-state index in [-0.39, 0.29) is 18.0 Å². The monoisotopic (exact) mass is 169 g/mol. The summed E-state index contributed by atoms with van der Waals surface area (Å²) in [5, 5.41) is 0. The topological polar surface area (TPSA) is 103 Å². The zero-order valence-corrected chi connectivity index (χ0v) is 7.20. The lowest BCUT2D eigenvalue weighted by molar-refractivity contribution is 0.757. The molecule has 0 saturated carbocycles. The van der Waals surface area contributed by atoms with Crippen LogP contribution in [0.3, 0.4) is 0 Å². The van der Waals surface area contributed by atoms with Crippen LogP contribution in [0.4, 0.5) is 0 Å². The largest absolute Gasteiger partial charge is 0.370 e. The third-order valence-corrected chi connectivity index (χ3v) is 1.10. The summed E-state index contributed by atoms with van der Waals surface area (Å²) < 4.78 is 0. The molecule has 0 saturated heterocycles. The van der Waals surface area contributed by atoms with Gasteiger partial charge in [-0.15, -0.1) is 6.58 Å². The summed E-state index contributed by atoms with van der Waals surface area (Å²) in [6, 6.07) is 0.0607. The molecule has 0 aromatic heterocycles. The second kappa shape index (κ2) is 5.17. The molecule has 0 bridgehead atoms. The quantitative estimate of drug-likeness (QED) is 0.302. The molecule has 5 nitrogen and oxygen atoms in total. The van der Waals surface area contributed by atoms with Gasteiger partial charge in [-0.3, -0.25) is 0 Å². The molecule has 0 amide bonds. The predicted molar refractivity (Wildman–Crippen MR) is 51.7 cm³/mol. The van der Waals surface area contributed by atoms with Crippen LogP contribution in [0.1, 0.15) is 13.3 Å². The van der Waals surface area contributed by atoms with Gasteiger partial charge in [0, 0.05) is 0 Å². The SMILES string of the molecule is C=CCC(C)N=C(N)N=C(N)N. The van der Waals surface area contributed by atoms with E-state index in [0.717, 1.165) is 6.42 Å². The van der Waals surface area contributed by atoms with Crippen molar-refractivity contribution in [1.29, 1.82) is 0 Å². The third-order valence-electron chi connectivity index (χ3n) is 1.10. The van der Waals surface area contributed by atoms with Crippen LogP contribution in [0.2, 0.25) is 0 Å². The molecule has 0 aliphatic heterocycles. The molecule has 0 aromatic carbocycles. The van der Waals surface area contributed by atoms with E-state index in [0.29, 0.717) is 0 Å². The van der Waals surface area contributed by atoms with E-state index in [9.17, 15) is 0 Å². The highest BCUT2D eigenvalue weighted by atomic mass is 15.1. The van der Waals surface area contributed by atoms with E-state index < -0.39 is 0 Å². The maximum absolute atomic E-state index is 5.37. The summed E-state index contributed by atoms with van der Waals surface area (Å²) in [5.41, 5.74) is 15.6. The van der Waals surface area contributed by atoms with Crippen LogP contribution in [0.15, 0.2) is 22.6 Å². The van der Waals surface area contributed by atoms with Gasteiger partial charge in [0.1, 0.15) is 0 Å². The molecule has 0 fully saturated rings. The minimum Gasteiger partial charge on any atom is -0.370 e. The van der Waals surface area contributed by atoms with Gasteiger partial charge in [0.2, 0.25) is 5.96 Å². The summed E-state index contributed by atoms with van der Waals surface area (Å²) in [6.07, 6.45) is 2.51. The predicted octanol–water partition coefficient (Wildman–Crippen LogP) is -0.461. The lowest BCUT2D eigenvalue weighted by Crippen LogP contribution is -2.27. The highest BCUT2D eigenvalue weighted by Crippen LogP contribution is 1.96. The number of hydrogen-bond donors (Lipinski definition) is 3. The fraction of sp³-hybridized carbons (Fsp3) is 0.429. The number of guanidine groups is 2. The Balaban J connectivity index is 4.15. The molecule has 0 spiro atoms. The minimum absolute atomic E-state index is 0.0607. The van der Waals surface area contributed by atoms with Gasteiger partial charge in [-0.1, -0.05) is 6.08 Å². The Labute approximate surface area is 72.0 Å². The third kappa shape index (κ3) is 5.28. The van der Waals surface area contributed by atoms with E-state index in [1.165, 1.54) is 0 Å². The van der Waals surface area contributed by atoms with E-state index in [2.05, 4.69) is 16.6 Å². The number of rotatable bonds is 3. The fourth-order valence-corrected chi connectivity index (χ4v) is 0.681. The van der Waals surface area contributed by atoms with Crippen molar-refractivity contribution in [2.75, 3.05) is 0 Å². The van der Waals surface area contributed by atoms with Gasteiger partial charge < -0.3 is 17.2 Å². The van der Waals surface area contributed by atoms with Crippen LogP contribution >= 0.6 is 0 Å². The average molecular weight is 169 g/mol. The minimum atomic E-state index is -0.0814. The number of aliphatic imine (C=N–C) groups is 2. The molecule has 12 heavy (non-hydrogen) atoms. The standard InChI is InChI=1S/C7H15N5/c1-3-4-5(2)11-7(10)12-6(8)9/h3,5H,1,4H2,2H3,(H6,8,9,10,11,12). The summed E-state index contributed by atoms with van der Waals surface area (Å²) in [7, 11) is 0.